The average molecular weight is 256 g/mol. The summed E-state index contributed by atoms with van der Waals surface area (Å²) in [5, 5.41) is 3.35. The maximum Gasteiger partial charge on any atom is 0.103 e. The molecule has 0 spiro atoms. The van der Waals surface area contributed by atoms with Gasteiger partial charge in [0, 0.05) is 16.9 Å². The van der Waals surface area contributed by atoms with Crippen molar-refractivity contribution in [3.63, 3.8) is 0 Å². The predicted molar refractivity (Wildman–Crippen MR) is 81.5 cm³/mol. The van der Waals surface area contributed by atoms with E-state index in [1.165, 1.54) is 11.1 Å². The molecule has 3 heteroatoms. The van der Waals surface area contributed by atoms with Crippen LogP contribution in [0, 0.1) is 13.8 Å². The Kier molecular flexibility index (Phi) is 3.63. The predicted octanol–water partition coefficient (Wildman–Crippen LogP) is 3.68. The molecule has 0 saturated heterocycles. The molecule has 0 heterocycles. The van der Waals surface area contributed by atoms with Crippen LogP contribution in [-0.4, -0.2) is 4.99 Å². The molecule has 0 aliphatic rings. The summed E-state index contributed by atoms with van der Waals surface area (Å²) in [6, 6.07) is 14.1. The maximum absolute atomic E-state index is 5.56. The topological polar surface area (TPSA) is 38.0 Å². The van der Waals surface area contributed by atoms with Crippen LogP contribution in [0.15, 0.2) is 42.5 Å². The highest BCUT2D eigenvalue weighted by Crippen LogP contribution is 2.19. The number of thiocarbonyl (C=S) groups is 1. The molecule has 0 bridgehead atoms. The fourth-order valence-electron chi connectivity index (χ4n) is 1.70. The second-order valence-corrected chi connectivity index (χ2v) is 4.81. The van der Waals surface area contributed by atoms with Crippen LogP contribution in [0.3, 0.4) is 0 Å². The first-order valence-corrected chi connectivity index (χ1v) is 6.21. The monoisotopic (exact) mass is 256 g/mol. The van der Waals surface area contributed by atoms with Gasteiger partial charge in [-0.3, -0.25) is 0 Å². The molecule has 0 saturated carbocycles. The van der Waals surface area contributed by atoms with Gasteiger partial charge < -0.3 is 11.1 Å². The van der Waals surface area contributed by atoms with Gasteiger partial charge in [0.05, 0.1) is 0 Å². The van der Waals surface area contributed by atoms with Crippen LogP contribution in [-0.2, 0) is 0 Å². The summed E-state index contributed by atoms with van der Waals surface area (Å²) < 4.78 is 0. The molecular formula is C15H16N2S. The molecule has 2 nitrogen and oxygen atoms in total. The Morgan fingerprint density at radius 3 is 2.11 bits per heavy atom. The minimum absolute atomic E-state index is 0.424. The van der Waals surface area contributed by atoms with Crippen LogP contribution in [0.2, 0.25) is 0 Å². The van der Waals surface area contributed by atoms with E-state index in [2.05, 4.69) is 37.4 Å². The third kappa shape index (κ3) is 2.87. The van der Waals surface area contributed by atoms with E-state index in [1.54, 1.807) is 0 Å². The van der Waals surface area contributed by atoms with Gasteiger partial charge in [0.1, 0.15) is 4.99 Å². The lowest BCUT2D eigenvalue weighted by Crippen LogP contribution is -2.08. The standard InChI is InChI=1S/C15H16N2S/c1-10-3-6-14(9-11(10)2)17-13-7-4-12(5-8-13)15(16)18/h3-9,17H,1-2H3,(H2,16,18). The lowest BCUT2D eigenvalue weighted by molar-refractivity contribution is 1.34. The molecule has 0 atom stereocenters. The van der Waals surface area contributed by atoms with E-state index < -0.39 is 0 Å². The van der Waals surface area contributed by atoms with E-state index in [0.717, 1.165) is 16.9 Å². The lowest BCUT2D eigenvalue weighted by Gasteiger charge is -2.09. The molecule has 0 fully saturated rings. The van der Waals surface area contributed by atoms with E-state index in [-0.39, 0.29) is 0 Å². The quantitative estimate of drug-likeness (QED) is 0.823. The van der Waals surface area contributed by atoms with Crippen molar-refractivity contribution < 1.29 is 0 Å². The average Bonchev–Trinajstić information content (AvgIpc) is 2.34. The van der Waals surface area contributed by atoms with E-state index >= 15 is 0 Å². The minimum Gasteiger partial charge on any atom is -0.389 e. The number of nitrogens with one attached hydrogen (secondary N) is 1. The van der Waals surface area contributed by atoms with Crippen molar-refractivity contribution in [2.75, 3.05) is 5.32 Å². The molecule has 2 rings (SSSR count). The highest BCUT2D eigenvalue weighted by molar-refractivity contribution is 7.80. The molecule has 18 heavy (non-hydrogen) atoms. The van der Waals surface area contributed by atoms with Gasteiger partial charge in [0.15, 0.2) is 0 Å². The summed E-state index contributed by atoms with van der Waals surface area (Å²) in [4.78, 5) is 0.424. The Hall–Kier alpha value is -1.87. The molecule has 0 aliphatic carbocycles. The van der Waals surface area contributed by atoms with Crippen molar-refractivity contribution in [1.82, 2.24) is 0 Å². The van der Waals surface area contributed by atoms with Crippen LogP contribution < -0.4 is 11.1 Å². The molecule has 0 aliphatic heterocycles. The van der Waals surface area contributed by atoms with Gasteiger partial charge in [-0.25, -0.2) is 0 Å². The first-order valence-electron chi connectivity index (χ1n) is 5.80. The van der Waals surface area contributed by atoms with Crippen molar-refractivity contribution in [1.29, 1.82) is 0 Å². The summed E-state index contributed by atoms with van der Waals surface area (Å²) in [5.41, 5.74) is 11.1. The van der Waals surface area contributed by atoms with Crippen LogP contribution in [0.1, 0.15) is 16.7 Å². The van der Waals surface area contributed by atoms with Gasteiger partial charge in [-0.1, -0.05) is 18.3 Å². The van der Waals surface area contributed by atoms with Crippen LogP contribution in [0.25, 0.3) is 0 Å². The van der Waals surface area contributed by atoms with Gasteiger partial charge in [-0.05, 0) is 61.4 Å². The van der Waals surface area contributed by atoms with E-state index in [0.29, 0.717) is 4.99 Å². The van der Waals surface area contributed by atoms with Crippen molar-refractivity contribution in [2.24, 2.45) is 5.73 Å². The molecule has 92 valence electrons. The Morgan fingerprint density at radius 2 is 1.56 bits per heavy atom. The first kappa shape index (κ1) is 12.6. The van der Waals surface area contributed by atoms with Crippen molar-refractivity contribution in [2.45, 2.75) is 13.8 Å². The smallest absolute Gasteiger partial charge is 0.103 e. The van der Waals surface area contributed by atoms with Gasteiger partial charge >= 0.3 is 0 Å². The zero-order valence-corrected chi connectivity index (χ0v) is 11.3. The van der Waals surface area contributed by atoms with Crippen LogP contribution >= 0.6 is 12.2 Å². The third-order valence-electron chi connectivity index (χ3n) is 2.97. The van der Waals surface area contributed by atoms with E-state index in [1.807, 2.05) is 24.3 Å². The highest BCUT2D eigenvalue weighted by Gasteiger charge is 1.99. The Balaban J connectivity index is 2.18. The molecule has 0 amide bonds. The summed E-state index contributed by atoms with van der Waals surface area (Å²) in [7, 11) is 0. The largest absolute Gasteiger partial charge is 0.389 e. The van der Waals surface area contributed by atoms with Gasteiger partial charge in [-0.2, -0.15) is 0 Å². The van der Waals surface area contributed by atoms with Gasteiger partial charge in [0.2, 0.25) is 0 Å². The van der Waals surface area contributed by atoms with E-state index in [4.69, 9.17) is 18.0 Å². The molecule has 0 unspecified atom stereocenters. The second kappa shape index (κ2) is 5.19. The van der Waals surface area contributed by atoms with E-state index in [9.17, 15) is 0 Å². The molecule has 2 aromatic rings. The van der Waals surface area contributed by atoms with Crippen LogP contribution in [0.4, 0.5) is 11.4 Å². The number of rotatable bonds is 3. The Morgan fingerprint density at radius 1 is 0.944 bits per heavy atom. The summed E-state index contributed by atoms with van der Waals surface area (Å²) in [6.45, 7) is 4.21. The molecule has 2 aromatic carbocycles. The van der Waals surface area contributed by atoms with Crippen molar-refractivity contribution in [3.05, 3.63) is 59.2 Å². The number of hydrogen-bond acceptors (Lipinski definition) is 2. The van der Waals surface area contributed by atoms with Crippen molar-refractivity contribution >= 4 is 28.6 Å². The normalized spacial score (nSPS) is 10.1. The number of aryl methyl sites for hydroxylation is 2. The number of benzene rings is 2. The maximum atomic E-state index is 5.56. The molecule has 0 radical (unpaired) electrons. The second-order valence-electron chi connectivity index (χ2n) is 4.37. The summed E-state index contributed by atoms with van der Waals surface area (Å²) in [5.74, 6) is 0. The highest BCUT2D eigenvalue weighted by atomic mass is 32.1. The van der Waals surface area contributed by atoms with Crippen LogP contribution in [0.5, 0.6) is 0 Å². The first-order chi connectivity index (χ1) is 8.56. The summed E-state index contributed by atoms with van der Waals surface area (Å²) >= 11 is 4.92. The number of anilines is 2. The zero-order valence-electron chi connectivity index (χ0n) is 10.5. The lowest BCUT2D eigenvalue weighted by atomic mass is 10.1. The van der Waals surface area contributed by atoms with Crippen molar-refractivity contribution in [3.8, 4) is 0 Å². The Bertz CT molecular complexity index is 574. The third-order valence-corrected chi connectivity index (χ3v) is 3.20. The number of nitrogens with two attached hydrogens (primary N) is 1. The Labute approximate surface area is 113 Å². The minimum atomic E-state index is 0.424. The fraction of sp³-hybridized carbons (Fsp3) is 0.133. The molecular weight excluding hydrogens is 240 g/mol. The summed E-state index contributed by atoms with van der Waals surface area (Å²) in [6.07, 6.45) is 0. The SMILES string of the molecule is Cc1ccc(Nc2ccc(C(N)=S)cc2)cc1C. The molecule has 3 N–H and O–H groups in total. The fourth-order valence-corrected chi connectivity index (χ4v) is 1.84. The van der Waals surface area contributed by atoms with Gasteiger partial charge in [0.25, 0.3) is 0 Å². The van der Waals surface area contributed by atoms with Gasteiger partial charge in [-0.15, -0.1) is 0 Å². The zero-order chi connectivity index (χ0) is 13.1. The number of hydrogen-bond donors (Lipinski definition) is 2. The molecule has 0 aromatic heterocycles.